The van der Waals surface area contributed by atoms with E-state index in [4.69, 9.17) is 9.47 Å². The van der Waals surface area contributed by atoms with Gasteiger partial charge in [0.15, 0.2) is 0 Å². The average Bonchev–Trinajstić information content (AvgIpc) is 2.51. The van der Waals surface area contributed by atoms with Gasteiger partial charge in [0.05, 0.1) is 26.3 Å². The van der Waals surface area contributed by atoms with Crippen LogP contribution in [-0.2, 0) is 9.53 Å². The number of likely N-dealkylation sites (N-methyl/N-ethyl adjacent to an activating group) is 1. The van der Waals surface area contributed by atoms with Gasteiger partial charge in [0.1, 0.15) is 5.75 Å². The van der Waals surface area contributed by atoms with E-state index in [9.17, 15) is 4.79 Å². The van der Waals surface area contributed by atoms with Gasteiger partial charge in [-0.15, -0.1) is 24.8 Å². The van der Waals surface area contributed by atoms with Crippen LogP contribution in [0.3, 0.4) is 0 Å². The fraction of sp³-hybridized carbons (Fsp3) is 0.562. The summed E-state index contributed by atoms with van der Waals surface area (Å²) in [5, 5.41) is 5.98. The molecule has 0 aliphatic heterocycles. The first-order chi connectivity index (χ1) is 10.6. The lowest BCUT2D eigenvalue weighted by molar-refractivity contribution is -0.120. The molecule has 1 aromatic rings. The molecular weight excluding hydrogens is 353 g/mol. The van der Waals surface area contributed by atoms with Gasteiger partial charge in [0, 0.05) is 20.2 Å². The van der Waals surface area contributed by atoms with Crippen LogP contribution in [0.4, 0.5) is 0 Å². The molecule has 0 saturated carbocycles. The highest BCUT2D eigenvalue weighted by molar-refractivity contribution is 5.85. The van der Waals surface area contributed by atoms with Gasteiger partial charge >= 0.3 is 0 Å². The molecule has 0 spiro atoms. The Morgan fingerprint density at radius 1 is 1.25 bits per heavy atom. The maximum Gasteiger partial charge on any atom is 0.234 e. The van der Waals surface area contributed by atoms with Crippen LogP contribution in [0.25, 0.3) is 0 Å². The van der Waals surface area contributed by atoms with Crippen LogP contribution in [-0.4, -0.2) is 65.4 Å². The van der Waals surface area contributed by atoms with E-state index in [2.05, 4.69) is 15.5 Å². The van der Waals surface area contributed by atoms with Crippen molar-refractivity contribution in [2.75, 3.05) is 54.6 Å². The molecule has 1 rings (SSSR count). The summed E-state index contributed by atoms with van der Waals surface area (Å²) in [6, 6.07) is 8.00. The molecule has 0 radical (unpaired) electrons. The number of methoxy groups -OCH3 is 2. The molecule has 1 aromatic carbocycles. The van der Waals surface area contributed by atoms with Crippen LogP contribution in [0.5, 0.6) is 5.75 Å². The number of rotatable bonds is 10. The Balaban J connectivity index is 0. The summed E-state index contributed by atoms with van der Waals surface area (Å²) >= 11 is 0. The van der Waals surface area contributed by atoms with Crippen LogP contribution >= 0.6 is 24.8 Å². The SMILES string of the molecule is COCCNCC(=O)NCC(c1cccc(OC)c1)N(C)C.Cl.Cl. The number of ether oxygens (including phenoxy) is 2. The van der Waals surface area contributed by atoms with Crippen molar-refractivity contribution < 1.29 is 14.3 Å². The van der Waals surface area contributed by atoms with Crippen LogP contribution in [0, 0.1) is 0 Å². The Morgan fingerprint density at radius 3 is 2.54 bits per heavy atom. The zero-order valence-electron chi connectivity index (χ0n) is 14.7. The molecule has 0 aliphatic carbocycles. The number of carbonyl (C=O) groups excluding carboxylic acids is 1. The van der Waals surface area contributed by atoms with E-state index in [1.165, 1.54) is 0 Å². The highest BCUT2D eigenvalue weighted by atomic mass is 35.5. The van der Waals surface area contributed by atoms with Crippen molar-refractivity contribution in [1.82, 2.24) is 15.5 Å². The molecule has 1 atom stereocenters. The molecule has 1 unspecified atom stereocenters. The van der Waals surface area contributed by atoms with E-state index in [1.54, 1.807) is 14.2 Å². The Bertz CT molecular complexity index is 462. The number of hydrogen-bond acceptors (Lipinski definition) is 5. The summed E-state index contributed by atoms with van der Waals surface area (Å²) in [7, 11) is 7.27. The number of benzene rings is 1. The summed E-state index contributed by atoms with van der Waals surface area (Å²) in [5.41, 5.74) is 1.11. The van der Waals surface area contributed by atoms with Crippen LogP contribution in [0.2, 0.25) is 0 Å². The van der Waals surface area contributed by atoms with Crippen LogP contribution in [0.15, 0.2) is 24.3 Å². The lowest BCUT2D eigenvalue weighted by atomic mass is 10.1. The van der Waals surface area contributed by atoms with Crippen molar-refractivity contribution in [3.63, 3.8) is 0 Å². The molecule has 0 saturated heterocycles. The zero-order chi connectivity index (χ0) is 16.4. The maximum atomic E-state index is 11.8. The smallest absolute Gasteiger partial charge is 0.234 e. The molecule has 2 N–H and O–H groups in total. The summed E-state index contributed by atoms with van der Waals surface area (Å²) in [6.45, 7) is 2.10. The molecule has 24 heavy (non-hydrogen) atoms. The Morgan fingerprint density at radius 2 is 1.96 bits per heavy atom. The minimum absolute atomic E-state index is 0. The Kier molecular flexibility index (Phi) is 15.0. The molecule has 0 aliphatic rings. The molecule has 1 amide bonds. The van der Waals surface area contributed by atoms with Crippen molar-refractivity contribution in [1.29, 1.82) is 0 Å². The van der Waals surface area contributed by atoms with Gasteiger partial charge in [-0.2, -0.15) is 0 Å². The molecule has 0 fully saturated rings. The second-order valence-electron chi connectivity index (χ2n) is 5.23. The number of halogens is 2. The summed E-state index contributed by atoms with van der Waals surface area (Å²) in [4.78, 5) is 13.9. The third kappa shape index (κ3) is 9.30. The average molecular weight is 382 g/mol. The second-order valence-corrected chi connectivity index (χ2v) is 5.23. The highest BCUT2D eigenvalue weighted by Gasteiger charge is 2.15. The third-order valence-electron chi connectivity index (χ3n) is 3.36. The molecule has 0 heterocycles. The first kappa shape index (κ1) is 25.2. The number of amides is 1. The predicted octanol–water partition coefficient (Wildman–Crippen LogP) is 1.49. The van der Waals surface area contributed by atoms with E-state index in [0.29, 0.717) is 26.2 Å². The van der Waals surface area contributed by atoms with E-state index >= 15 is 0 Å². The van der Waals surface area contributed by atoms with Gasteiger partial charge in [-0.3, -0.25) is 4.79 Å². The molecule has 6 nitrogen and oxygen atoms in total. The molecule has 0 bridgehead atoms. The minimum Gasteiger partial charge on any atom is -0.497 e. The monoisotopic (exact) mass is 381 g/mol. The normalized spacial score (nSPS) is 11.2. The van der Waals surface area contributed by atoms with Gasteiger partial charge in [-0.05, 0) is 31.8 Å². The van der Waals surface area contributed by atoms with E-state index in [-0.39, 0.29) is 36.8 Å². The Labute approximate surface area is 157 Å². The number of nitrogens with zero attached hydrogens (tertiary/aromatic N) is 1. The fourth-order valence-corrected chi connectivity index (χ4v) is 2.10. The van der Waals surface area contributed by atoms with E-state index in [0.717, 1.165) is 11.3 Å². The minimum atomic E-state index is -0.0224. The lowest BCUT2D eigenvalue weighted by Crippen LogP contribution is -2.39. The van der Waals surface area contributed by atoms with Crippen LogP contribution in [0.1, 0.15) is 11.6 Å². The summed E-state index contributed by atoms with van der Waals surface area (Å²) in [5.74, 6) is 0.794. The molecule has 0 aromatic heterocycles. The third-order valence-corrected chi connectivity index (χ3v) is 3.36. The number of carbonyl (C=O) groups is 1. The van der Waals surface area contributed by atoms with Crippen molar-refractivity contribution >= 4 is 30.7 Å². The molecule has 140 valence electrons. The first-order valence-corrected chi connectivity index (χ1v) is 7.35. The van der Waals surface area contributed by atoms with E-state index < -0.39 is 0 Å². The number of hydrogen-bond donors (Lipinski definition) is 2. The van der Waals surface area contributed by atoms with Crippen molar-refractivity contribution in [2.45, 2.75) is 6.04 Å². The fourth-order valence-electron chi connectivity index (χ4n) is 2.10. The Hall–Kier alpha value is -1.05. The van der Waals surface area contributed by atoms with Crippen molar-refractivity contribution in [2.24, 2.45) is 0 Å². The van der Waals surface area contributed by atoms with E-state index in [1.807, 2.05) is 38.4 Å². The largest absolute Gasteiger partial charge is 0.497 e. The first-order valence-electron chi connectivity index (χ1n) is 7.35. The predicted molar refractivity (Wildman–Crippen MR) is 102 cm³/mol. The van der Waals surface area contributed by atoms with Gasteiger partial charge in [-0.25, -0.2) is 0 Å². The zero-order valence-corrected chi connectivity index (χ0v) is 16.3. The van der Waals surface area contributed by atoms with Crippen LogP contribution < -0.4 is 15.4 Å². The van der Waals surface area contributed by atoms with Crippen molar-refractivity contribution in [3.8, 4) is 5.75 Å². The van der Waals surface area contributed by atoms with Crippen molar-refractivity contribution in [3.05, 3.63) is 29.8 Å². The number of nitrogens with one attached hydrogen (secondary N) is 2. The summed E-state index contributed by atoms with van der Waals surface area (Å²) < 4.78 is 10.2. The standard InChI is InChI=1S/C16H27N3O3.2ClH/c1-19(2)15(13-6-5-7-14(10-13)22-4)11-18-16(20)12-17-8-9-21-3;;/h5-7,10,15,17H,8-9,11-12H2,1-4H3,(H,18,20);2*1H. The topological polar surface area (TPSA) is 62.8 Å². The second kappa shape index (κ2) is 14.3. The molecule has 8 heteroatoms. The highest BCUT2D eigenvalue weighted by Crippen LogP contribution is 2.21. The summed E-state index contributed by atoms with van der Waals surface area (Å²) in [6.07, 6.45) is 0. The maximum absolute atomic E-state index is 11.8. The van der Waals surface area contributed by atoms with Gasteiger partial charge in [0.2, 0.25) is 5.91 Å². The molecular formula is C16H29Cl2N3O3. The van der Waals surface area contributed by atoms with Gasteiger partial charge in [-0.1, -0.05) is 12.1 Å². The quantitative estimate of drug-likeness (QED) is 0.601. The van der Waals surface area contributed by atoms with Gasteiger partial charge in [0.25, 0.3) is 0 Å². The lowest BCUT2D eigenvalue weighted by Gasteiger charge is -2.25. The van der Waals surface area contributed by atoms with Gasteiger partial charge < -0.3 is 25.0 Å².